The molecule has 1 fully saturated rings. The molecule has 2 N–H and O–H groups in total. The minimum atomic E-state index is -0.709. The van der Waals surface area contributed by atoms with Gasteiger partial charge in [-0.25, -0.2) is 8.78 Å². The zero-order valence-electron chi connectivity index (χ0n) is 21.2. The molecule has 2 nitrogen and oxygen atoms in total. The third kappa shape index (κ3) is 6.48. The average molecular weight is 490 g/mol. The molecule has 3 aromatic rings. The van der Waals surface area contributed by atoms with Gasteiger partial charge in [-0.3, -0.25) is 5.32 Å². The van der Waals surface area contributed by atoms with E-state index >= 15 is 8.78 Å². The normalized spacial score (nSPS) is 18.7. The van der Waals surface area contributed by atoms with Crippen LogP contribution < -0.4 is 5.32 Å². The van der Waals surface area contributed by atoms with Crippen molar-refractivity contribution in [1.29, 1.82) is 0 Å². The molecule has 1 unspecified atom stereocenters. The predicted molar refractivity (Wildman–Crippen MR) is 145 cm³/mol. The van der Waals surface area contributed by atoms with E-state index in [0.717, 1.165) is 43.2 Å². The predicted octanol–water partition coefficient (Wildman–Crippen LogP) is 8.15. The van der Waals surface area contributed by atoms with E-state index in [1.165, 1.54) is 37.0 Å². The molecule has 1 aliphatic rings. The molecule has 190 valence electrons. The molecule has 0 aromatic heterocycles. The molecule has 0 heterocycles. The van der Waals surface area contributed by atoms with Crippen LogP contribution in [0.25, 0.3) is 22.3 Å². The summed E-state index contributed by atoms with van der Waals surface area (Å²) in [6, 6.07) is 18.8. The lowest BCUT2D eigenvalue weighted by Crippen LogP contribution is -2.39. The molecule has 4 rings (SSSR count). The Kier molecular flexibility index (Phi) is 9.06. The summed E-state index contributed by atoms with van der Waals surface area (Å²) in [5, 5.41) is 12.8. The van der Waals surface area contributed by atoms with Gasteiger partial charge in [-0.15, -0.1) is 0 Å². The minimum Gasteiger partial charge on any atom is -0.375 e. The lowest BCUT2D eigenvalue weighted by atomic mass is 9.81. The first-order chi connectivity index (χ1) is 17.5. The Morgan fingerprint density at radius 2 is 1.56 bits per heavy atom. The van der Waals surface area contributed by atoms with Crippen LogP contribution in [0.15, 0.2) is 73.3 Å². The van der Waals surface area contributed by atoms with E-state index in [1.54, 1.807) is 12.1 Å². The third-order valence-electron chi connectivity index (χ3n) is 7.43. The summed E-state index contributed by atoms with van der Waals surface area (Å²) in [6.45, 7) is 5.79. The number of hydrogen-bond acceptors (Lipinski definition) is 2. The van der Waals surface area contributed by atoms with Crippen LogP contribution in [0.5, 0.6) is 0 Å². The number of rotatable bonds is 10. The first-order valence-corrected chi connectivity index (χ1v) is 13.2. The van der Waals surface area contributed by atoms with Gasteiger partial charge in [0.25, 0.3) is 0 Å². The summed E-state index contributed by atoms with van der Waals surface area (Å²) in [5.74, 6) is -0.494. The average Bonchev–Trinajstić information content (AvgIpc) is 2.89. The minimum absolute atomic E-state index is 0.134. The quantitative estimate of drug-likeness (QED) is 0.171. The third-order valence-corrected chi connectivity index (χ3v) is 7.43. The second kappa shape index (κ2) is 12.4. The largest absolute Gasteiger partial charge is 0.375 e. The van der Waals surface area contributed by atoms with E-state index in [2.05, 4.69) is 31.0 Å². The van der Waals surface area contributed by atoms with Gasteiger partial charge in [-0.2, -0.15) is 0 Å². The topological polar surface area (TPSA) is 32.3 Å². The summed E-state index contributed by atoms with van der Waals surface area (Å²) >= 11 is 0. The van der Waals surface area contributed by atoms with Crippen LogP contribution in [0.3, 0.4) is 0 Å². The van der Waals surface area contributed by atoms with Crippen LogP contribution in [0, 0.1) is 11.6 Å². The van der Waals surface area contributed by atoms with E-state index < -0.39 is 6.23 Å². The molecule has 0 radical (unpaired) electrons. The molecule has 36 heavy (non-hydrogen) atoms. The fourth-order valence-electron chi connectivity index (χ4n) is 5.28. The Morgan fingerprint density at radius 1 is 0.889 bits per heavy atom. The number of aliphatic hydroxyl groups excluding tert-OH is 1. The SMILES string of the molecule is C=CC(O)NC1CCC(c2ccc(-c3ccc(-c4ccc(CCCCC)cc4)cc3F)cc2F)CC1. The highest BCUT2D eigenvalue weighted by Crippen LogP contribution is 2.36. The van der Waals surface area contributed by atoms with Gasteiger partial charge >= 0.3 is 0 Å². The number of nitrogens with one attached hydrogen (secondary N) is 1. The summed E-state index contributed by atoms with van der Waals surface area (Å²) in [5.41, 5.74) is 4.76. The van der Waals surface area contributed by atoms with Crippen molar-refractivity contribution in [3.8, 4) is 22.3 Å². The van der Waals surface area contributed by atoms with Gasteiger partial charge in [-0.05, 0) is 90.5 Å². The van der Waals surface area contributed by atoms with Crippen molar-refractivity contribution in [3.05, 3.63) is 96.1 Å². The second-order valence-electron chi connectivity index (χ2n) is 9.98. The van der Waals surface area contributed by atoms with E-state index in [9.17, 15) is 5.11 Å². The van der Waals surface area contributed by atoms with Gasteiger partial charge in [-0.1, -0.05) is 74.9 Å². The lowest BCUT2D eigenvalue weighted by Gasteiger charge is -2.30. The maximum atomic E-state index is 15.1. The number of aliphatic hydroxyl groups is 1. The van der Waals surface area contributed by atoms with Gasteiger partial charge in [0, 0.05) is 11.6 Å². The first-order valence-electron chi connectivity index (χ1n) is 13.2. The fraction of sp³-hybridized carbons (Fsp3) is 0.375. The number of unbranched alkanes of at least 4 members (excludes halogenated alkanes) is 2. The van der Waals surface area contributed by atoms with E-state index in [-0.39, 0.29) is 23.6 Å². The Morgan fingerprint density at radius 3 is 2.19 bits per heavy atom. The van der Waals surface area contributed by atoms with E-state index in [4.69, 9.17) is 0 Å². The number of halogens is 2. The standard InChI is InChI=1S/C32H37F2NO/c1-3-5-6-7-22-8-10-23(11-9-22)25-14-18-29(30(33)20-25)26-15-19-28(31(34)21-26)24-12-16-27(17-13-24)35-32(36)4-2/h4,8-11,14-15,18-21,24,27,32,35-36H,2-3,5-7,12-13,16-17H2,1H3. The number of hydrogen-bond donors (Lipinski definition) is 2. The van der Waals surface area contributed by atoms with Crippen LogP contribution in [0.2, 0.25) is 0 Å². The summed E-state index contributed by atoms with van der Waals surface area (Å²) in [4.78, 5) is 0. The maximum absolute atomic E-state index is 15.1. The summed E-state index contributed by atoms with van der Waals surface area (Å²) in [6.07, 6.45) is 8.88. The van der Waals surface area contributed by atoms with Crippen molar-refractivity contribution in [1.82, 2.24) is 5.32 Å². The highest BCUT2D eigenvalue weighted by atomic mass is 19.1. The Bertz CT molecular complexity index is 1150. The van der Waals surface area contributed by atoms with Gasteiger partial charge in [0.1, 0.15) is 17.9 Å². The van der Waals surface area contributed by atoms with Crippen LogP contribution in [0.1, 0.15) is 68.9 Å². The van der Waals surface area contributed by atoms with Crippen molar-refractivity contribution < 1.29 is 13.9 Å². The van der Waals surface area contributed by atoms with E-state index in [0.29, 0.717) is 16.7 Å². The van der Waals surface area contributed by atoms with Crippen molar-refractivity contribution in [2.24, 2.45) is 0 Å². The van der Waals surface area contributed by atoms with Crippen molar-refractivity contribution in [2.75, 3.05) is 0 Å². The zero-order valence-corrected chi connectivity index (χ0v) is 21.2. The molecule has 4 heteroatoms. The maximum Gasteiger partial charge on any atom is 0.131 e. The van der Waals surface area contributed by atoms with Crippen LogP contribution in [0.4, 0.5) is 8.78 Å². The van der Waals surface area contributed by atoms with Crippen LogP contribution in [-0.2, 0) is 6.42 Å². The molecule has 0 saturated heterocycles. The zero-order chi connectivity index (χ0) is 25.5. The van der Waals surface area contributed by atoms with Crippen molar-refractivity contribution >= 4 is 0 Å². The van der Waals surface area contributed by atoms with Crippen molar-refractivity contribution in [3.63, 3.8) is 0 Å². The van der Waals surface area contributed by atoms with Gasteiger partial charge in [0.2, 0.25) is 0 Å². The second-order valence-corrected chi connectivity index (χ2v) is 9.98. The molecular weight excluding hydrogens is 452 g/mol. The lowest BCUT2D eigenvalue weighted by molar-refractivity contribution is 0.153. The molecule has 1 saturated carbocycles. The molecule has 0 aliphatic heterocycles. The molecule has 0 bridgehead atoms. The van der Waals surface area contributed by atoms with Gasteiger partial charge in [0.05, 0.1) is 0 Å². The Balaban J connectivity index is 1.43. The van der Waals surface area contributed by atoms with Gasteiger partial charge < -0.3 is 5.11 Å². The first kappa shape index (κ1) is 26.2. The summed E-state index contributed by atoms with van der Waals surface area (Å²) < 4.78 is 30.2. The van der Waals surface area contributed by atoms with Crippen molar-refractivity contribution in [2.45, 2.75) is 76.5 Å². The molecular formula is C32H37F2NO. The van der Waals surface area contributed by atoms with Gasteiger partial charge in [0.15, 0.2) is 0 Å². The number of aryl methyl sites for hydroxylation is 1. The molecule has 0 spiro atoms. The molecule has 3 aromatic carbocycles. The molecule has 1 aliphatic carbocycles. The van der Waals surface area contributed by atoms with Crippen LogP contribution in [-0.4, -0.2) is 17.4 Å². The molecule has 1 atom stereocenters. The Labute approximate surface area is 214 Å². The molecule has 0 amide bonds. The highest BCUT2D eigenvalue weighted by Gasteiger charge is 2.25. The Hall–Kier alpha value is -2.82. The van der Waals surface area contributed by atoms with Crippen LogP contribution >= 0.6 is 0 Å². The highest BCUT2D eigenvalue weighted by molar-refractivity contribution is 5.71. The monoisotopic (exact) mass is 489 g/mol. The van der Waals surface area contributed by atoms with E-state index in [1.807, 2.05) is 30.3 Å². The fourth-order valence-corrected chi connectivity index (χ4v) is 5.28. The smallest absolute Gasteiger partial charge is 0.131 e. The number of benzene rings is 3. The summed E-state index contributed by atoms with van der Waals surface area (Å²) in [7, 11) is 0.